The van der Waals surface area contributed by atoms with Crippen LogP contribution in [0.3, 0.4) is 0 Å². The average molecular weight is 420 g/mol. The molecule has 4 rings (SSSR count). The molecule has 11 nitrogen and oxygen atoms in total. The van der Waals surface area contributed by atoms with Crippen LogP contribution in [0.5, 0.6) is 0 Å². The topological polar surface area (TPSA) is 108 Å². The van der Waals surface area contributed by atoms with Crippen LogP contribution in [0.2, 0.25) is 0 Å². The number of rotatable bonds is 11. The van der Waals surface area contributed by atoms with E-state index >= 15 is 0 Å². The van der Waals surface area contributed by atoms with E-state index < -0.39 is 0 Å². The Morgan fingerprint density at radius 3 is 2.70 bits per heavy atom. The van der Waals surface area contributed by atoms with Crippen molar-refractivity contribution >= 4 is 0 Å². The second-order valence-electron chi connectivity index (χ2n) is 8.02. The van der Waals surface area contributed by atoms with Crippen LogP contribution in [0.1, 0.15) is 43.7 Å². The van der Waals surface area contributed by atoms with Gasteiger partial charge in [0.1, 0.15) is 11.7 Å². The van der Waals surface area contributed by atoms with Crippen molar-refractivity contribution in [1.82, 2.24) is 45.4 Å². The fraction of sp³-hybridized carbons (Fsp3) is 0.842. The summed E-state index contributed by atoms with van der Waals surface area (Å²) < 4.78 is 14.9. The molecule has 2 aromatic rings. The first-order chi connectivity index (χ1) is 14.8. The Morgan fingerprint density at radius 1 is 1.20 bits per heavy atom. The van der Waals surface area contributed by atoms with Crippen molar-refractivity contribution < 1.29 is 9.47 Å². The second-order valence-corrected chi connectivity index (χ2v) is 8.02. The van der Waals surface area contributed by atoms with E-state index in [0.29, 0.717) is 5.92 Å². The lowest BCUT2D eigenvalue weighted by molar-refractivity contribution is 0.0185. The summed E-state index contributed by atoms with van der Waals surface area (Å²) in [6, 6.07) is -0.234. The zero-order valence-corrected chi connectivity index (χ0v) is 18.0. The number of ether oxygens (including phenoxy) is 2. The maximum Gasteiger partial charge on any atom is 0.174 e. The Balaban J connectivity index is 1.48. The molecule has 1 N–H and O–H groups in total. The van der Waals surface area contributed by atoms with E-state index in [1.165, 1.54) is 19.3 Å². The third-order valence-corrected chi connectivity index (χ3v) is 6.23. The molecule has 0 bridgehead atoms. The predicted octanol–water partition coefficient (Wildman–Crippen LogP) is 0.111. The molecular formula is C19H33N9O2. The first-order valence-electron chi connectivity index (χ1n) is 11.0. The summed E-state index contributed by atoms with van der Waals surface area (Å²) in [5, 5.41) is 24.8. The SMILES string of the molecule is CCn1cc(C(NCC(OC)C2CCC2)c2nnnn2CCN2CCOCC2)nn1. The number of hydrogen-bond donors (Lipinski definition) is 1. The van der Waals surface area contributed by atoms with E-state index in [4.69, 9.17) is 9.47 Å². The van der Waals surface area contributed by atoms with Gasteiger partial charge in [0, 0.05) is 39.8 Å². The Labute approximate surface area is 177 Å². The minimum absolute atomic E-state index is 0.181. The number of tetrazole rings is 1. The maximum absolute atomic E-state index is 5.76. The highest BCUT2D eigenvalue weighted by Crippen LogP contribution is 2.31. The summed E-state index contributed by atoms with van der Waals surface area (Å²) in [6.07, 6.45) is 5.89. The molecule has 0 amide bonds. The molecule has 0 radical (unpaired) electrons. The van der Waals surface area contributed by atoms with Gasteiger partial charge in [-0.25, -0.2) is 4.68 Å². The largest absolute Gasteiger partial charge is 0.380 e. The van der Waals surface area contributed by atoms with Gasteiger partial charge in [-0.1, -0.05) is 11.6 Å². The van der Waals surface area contributed by atoms with Crippen LogP contribution in [0.15, 0.2) is 6.20 Å². The summed E-state index contributed by atoms with van der Waals surface area (Å²) in [4.78, 5) is 2.38. The number of morpholine rings is 1. The Bertz CT molecular complexity index is 770. The van der Waals surface area contributed by atoms with Crippen molar-refractivity contribution in [2.24, 2.45) is 5.92 Å². The van der Waals surface area contributed by atoms with Crippen LogP contribution in [0, 0.1) is 5.92 Å². The quantitative estimate of drug-likeness (QED) is 0.543. The van der Waals surface area contributed by atoms with Crippen LogP contribution in [0.4, 0.5) is 0 Å². The van der Waals surface area contributed by atoms with Gasteiger partial charge in [-0.05, 0) is 36.1 Å². The molecule has 0 spiro atoms. The van der Waals surface area contributed by atoms with Crippen LogP contribution in [-0.2, 0) is 22.6 Å². The average Bonchev–Trinajstić information content (AvgIpc) is 3.41. The van der Waals surface area contributed by atoms with Gasteiger partial charge >= 0.3 is 0 Å². The normalized spacial score (nSPS) is 20.2. The fourth-order valence-corrected chi connectivity index (χ4v) is 4.05. The van der Waals surface area contributed by atoms with Crippen LogP contribution < -0.4 is 5.32 Å². The third-order valence-electron chi connectivity index (χ3n) is 6.23. The summed E-state index contributed by atoms with van der Waals surface area (Å²) in [6.45, 7) is 8.61. The monoisotopic (exact) mass is 419 g/mol. The second kappa shape index (κ2) is 10.4. The van der Waals surface area contributed by atoms with Gasteiger partial charge in [0.25, 0.3) is 0 Å². The van der Waals surface area contributed by atoms with E-state index in [0.717, 1.165) is 64.0 Å². The molecule has 166 valence electrons. The number of methoxy groups -OCH3 is 1. The maximum atomic E-state index is 5.76. The lowest BCUT2D eigenvalue weighted by Crippen LogP contribution is -2.40. The molecule has 11 heteroatoms. The standard InChI is InChI=1S/C19H33N9O2/c1-3-27-14-16(21-24-27)18(20-13-17(29-2)15-5-4-6-15)19-22-23-25-28(19)8-7-26-9-11-30-12-10-26/h14-15,17-18,20H,3-13H2,1-2H3. The molecule has 2 aliphatic rings. The molecule has 1 saturated heterocycles. The van der Waals surface area contributed by atoms with E-state index in [1.54, 1.807) is 7.11 Å². The molecule has 3 heterocycles. The molecule has 1 aliphatic carbocycles. The number of aryl methyl sites for hydroxylation is 1. The van der Waals surface area contributed by atoms with Gasteiger partial charge in [0.2, 0.25) is 0 Å². The molecular weight excluding hydrogens is 386 g/mol. The summed E-state index contributed by atoms with van der Waals surface area (Å²) >= 11 is 0. The lowest BCUT2D eigenvalue weighted by Gasteiger charge is -2.33. The van der Waals surface area contributed by atoms with E-state index in [9.17, 15) is 0 Å². The van der Waals surface area contributed by atoms with Crippen LogP contribution >= 0.6 is 0 Å². The summed E-state index contributed by atoms with van der Waals surface area (Å²) in [5.74, 6) is 1.38. The van der Waals surface area contributed by atoms with Gasteiger partial charge in [-0.3, -0.25) is 14.9 Å². The first kappa shape index (κ1) is 21.3. The Hall–Kier alpha value is -1.95. The van der Waals surface area contributed by atoms with Crippen molar-refractivity contribution in [2.45, 2.75) is 51.4 Å². The zero-order chi connectivity index (χ0) is 20.8. The van der Waals surface area contributed by atoms with Gasteiger partial charge in [0.05, 0.1) is 32.1 Å². The van der Waals surface area contributed by atoms with Crippen molar-refractivity contribution in [3.8, 4) is 0 Å². The smallest absolute Gasteiger partial charge is 0.174 e. The van der Waals surface area contributed by atoms with Gasteiger partial charge in [0.15, 0.2) is 5.82 Å². The third kappa shape index (κ3) is 5.02. The summed E-state index contributed by atoms with van der Waals surface area (Å²) in [7, 11) is 1.79. The van der Waals surface area contributed by atoms with Crippen molar-refractivity contribution in [1.29, 1.82) is 0 Å². The van der Waals surface area contributed by atoms with Crippen molar-refractivity contribution in [2.75, 3.05) is 46.5 Å². The lowest BCUT2D eigenvalue weighted by atomic mass is 9.81. The first-order valence-corrected chi connectivity index (χ1v) is 11.0. The molecule has 2 unspecified atom stereocenters. The highest BCUT2D eigenvalue weighted by Gasteiger charge is 2.30. The Kier molecular flexibility index (Phi) is 7.37. The molecule has 0 aromatic carbocycles. The number of nitrogens with zero attached hydrogens (tertiary/aromatic N) is 8. The summed E-state index contributed by atoms with van der Waals surface area (Å²) in [5.41, 5.74) is 0.822. The molecule has 1 aliphatic heterocycles. The van der Waals surface area contributed by atoms with Gasteiger partial charge < -0.3 is 9.47 Å². The number of nitrogens with one attached hydrogen (secondary N) is 1. The van der Waals surface area contributed by atoms with E-state index in [2.05, 4.69) is 36.1 Å². The molecule has 2 aromatic heterocycles. The van der Waals surface area contributed by atoms with Gasteiger partial charge in [-0.15, -0.1) is 10.2 Å². The van der Waals surface area contributed by atoms with Crippen LogP contribution in [0.25, 0.3) is 0 Å². The number of aromatic nitrogens is 7. The molecule has 1 saturated carbocycles. The minimum Gasteiger partial charge on any atom is -0.380 e. The predicted molar refractivity (Wildman–Crippen MR) is 109 cm³/mol. The highest BCUT2D eigenvalue weighted by molar-refractivity contribution is 5.13. The van der Waals surface area contributed by atoms with Crippen molar-refractivity contribution in [3.63, 3.8) is 0 Å². The van der Waals surface area contributed by atoms with E-state index in [-0.39, 0.29) is 12.1 Å². The zero-order valence-electron chi connectivity index (χ0n) is 18.0. The minimum atomic E-state index is -0.234. The van der Waals surface area contributed by atoms with E-state index in [1.807, 2.05) is 22.5 Å². The van der Waals surface area contributed by atoms with Crippen LogP contribution in [-0.4, -0.2) is 92.7 Å². The Morgan fingerprint density at radius 2 is 2.03 bits per heavy atom. The fourth-order valence-electron chi connectivity index (χ4n) is 4.05. The van der Waals surface area contributed by atoms with Crippen molar-refractivity contribution in [3.05, 3.63) is 17.7 Å². The highest BCUT2D eigenvalue weighted by atomic mass is 16.5. The molecule has 2 atom stereocenters. The van der Waals surface area contributed by atoms with Gasteiger partial charge in [-0.2, -0.15) is 0 Å². The molecule has 2 fully saturated rings. The number of hydrogen-bond acceptors (Lipinski definition) is 9. The molecule has 30 heavy (non-hydrogen) atoms.